The van der Waals surface area contributed by atoms with E-state index in [0.29, 0.717) is 26.2 Å². The number of hydrogen-bond donors (Lipinski definition) is 0. The van der Waals surface area contributed by atoms with Crippen LogP contribution < -0.4 is 4.90 Å². The van der Waals surface area contributed by atoms with Gasteiger partial charge >= 0.3 is 12.1 Å². The minimum Gasteiger partial charge on any atom is -0.416 e. The first-order valence-corrected chi connectivity index (χ1v) is 8.34. The van der Waals surface area contributed by atoms with Crippen molar-refractivity contribution in [3.8, 4) is 0 Å². The summed E-state index contributed by atoms with van der Waals surface area (Å²) in [5.74, 6) is -0.532. The Morgan fingerprint density at radius 2 is 1.65 bits per heavy atom. The Bertz CT molecular complexity index is 730. The summed E-state index contributed by atoms with van der Waals surface area (Å²) < 4.78 is 42.2. The normalized spacial score (nSPS) is 16.9. The second kappa shape index (κ2) is 6.82. The summed E-state index contributed by atoms with van der Waals surface area (Å²) in [6.07, 6.45) is -4.61. The first-order valence-electron chi connectivity index (χ1n) is 8.34. The number of anilines is 1. The minimum atomic E-state index is -4.61. The fourth-order valence-corrected chi connectivity index (χ4v) is 2.65. The third-order valence-corrected chi connectivity index (χ3v) is 4.18. The molecule has 3 rings (SSSR count). The Balaban J connectivity index is 1.55. The number of nitrogens with zero attached hydrogens (tertiary/aromatic N) is 6. The predicted octanol–water partition coefficient (Wildman–Crippen LogP) is 2.50. The van der Waals surface area contributed by atoms with E-state index in [0.717, 1.165) is 11.5 Å². The molecule has 3 heterocycles. The molecule has 0 saturated carbocycles. The second-order valence-electron chi connectivity index (χ2n) is 7.29. The number of halogens is 3. The monoisotopic (exact) mass is 370 g/mol. The van der Waals surface area contributed by atoms with E-state index in [1.807, 2.05) is 17.0 Å². The smallest absolute Gasteiger partial charge is 0.416 e. The molecular formula is C16H21F3N6O. The van der Waals surface area contributed by atoms with Crippen LogP contribution in [0.4, 0.5) is 19.0 Å². The summed E-state index contributed by atoms with van der Waals surface area (Å²) in [7, 11) is 0. The molecule has 0 radical (unpaired) electrons. The molecule has 1 aliphatic rings. The van der Waals surface area contributed by atoms with Crippen LogP contribution >= 0.6 is 0 Å². The van der Waals surface area contributed by atoms with Crippen molar-refractivity contribution in [1.82, 2.24) is 25.3 Å². The Morgan fingerprint density at radius 3 is 2.15 bits per heavy atom. The van der Waals surface area contributed by atoms with Gasteiger partial charge in [-0.2, -0.15) is 18.3 Å². The summed E-state index contributed by atoms with van der Waals surface area (Å²) in [6, 6.07) is 3.93. The maximum absolute atomic E-state index is 12.5. The fraction of sp³-hybridized carbons (Fsp3) is 0.625. The largest absolute Gasteiger partial charge is 0.470 e. The number of hydrogen-bond acceptors (Lipinski definition) is 7. The third-order valence-electron chi connectivity index (χ3n) is 4.18. The molecule has 0 N–H and O–H groups in total. The van der Waals surface area contributed by atoms with Crippen molar-refractivity contribution in [1.29, 1.82) is 0 Å². The quantitative estimate of drug-likeness (QED) is 0.822. The lowest BCUT2D eigenvalue weighted by Crippen LogP contribution is -2.46. The van der Waals surface area contributed by atoms with E-state index in [1.54, 1.807) is 0 Å². The molecule has 0 aliphatic carbocycles. The highest BCUT2D eigenvalue weighted by molar-refractivity contribution is 5.38. The molecule has 0 bridgehead atoms. The van der Waals surface area contributed by atoms with Crippen LogP contribution in [0.15, 0.2) is 16.5 Å². The maximum atomic E-state index is 12.5. The van der Waals surface area contributed by atoms with Crippen LogP contribution in [0, 0.1) is 0 Å². The molecule has 0 atom stereocenters. The van der Waals surface area contributed by atoms with Crippen molar-refractivity contribution in [2.75, 3.05) is 31.1 Å². The van der Waals surface area contributed by atoms with E-state index >= 15 is 0 Å². The van der Waals surface area contributed by atoms with Gasteiger partial charge in [-0.05, 0) is 12.1 Å². The highest BCUT2D eigenvalue weighted by Crippen LogP contribution is 2.28. The zero-order valence-corrected chi connectivity index (χ0v) is 14.9. The van der Waals surface area contributed by atoms with E-state index in [9.17, 15) is 13.2 Å². The van der Waals surface area contributed by atoms with Crippen molar-refractivity contribution >= 4 is 5.82 Å². The van der Waals surface area contributed by atoms with Gasteiger partial charge in [0.15, 0.2) is 5.82 Å². The number of rotatable bonds is 3. The first kappa shape index (κ1) is 18.6. The molecule has 2 aromatic rings. The van der Waals surface area contributed by atoms with Gasteiger partial charge in [0.05, 0.1) is 12.2 Å². The maximum Gasteiger partial charge on any atom is 0.470 e. The molecule has 10 heteroatoms. The van der Waals surface area contributed by atoms with Gasteiger partial charge in [-0.1, -0.05) is 20.8 Å². The highest BCUT2D eigenvalue weighted by atomic mass is 19.4. The SMILES string of the molecule is CC(C)(C)c1ccc(N2CCN(Cc3nnc(C(F)(F)F)o3)CC2)nn1. The molecule has 26 heavy (non-hydrogen) atoms. The van der Waals surface area contributed by atoms with Gasteiger partial charge in [0.2, 0.25) is 5.89 Å². The van der Waals surface area contributed by atoms with Crippen LogP contribution in [-0.4, -0.2) is 51.5 Å². The van der Waals surface area contributed by atoms with Crippen molar-refractivity contribution < 1.29 is 17.6 Å². The molecule has 0 aromatic carbocycles. The summed E-state index contributed by atoms with van der Waals surface area (Å²) in [5.41, 5.74) is 0.876. The Kier molecular flexibility index (Phi) is 4.87. The summed E-state index contributed by atoms with van der Waals surface area (Å²) in [5, 5.41) is 15.1. The molecule has 2 aromatic heterocycles. The average Bonchev–Trinajstić information content (AvgIpc) is 3.04. The van der Waals surface area contributed by atoms with Crippen molar-refractivity contribution in [2.24, 2.45) is 0 Å². The zero-order valence-electron chi connectivity index (χ0n) is 14.9. The van der Waals surface area contributed by atoms with Gasteiger partial charge < -0.3 is 9.32 Å². The lowest BCUT2D eigenvalue weighted by atomic mass is 9.92. The van der Waals surface area contributed by atoms with Crippen LogP contribution in [0.2, 0.25) is 0 Å². The predicted molar refractivity (Wildman–Crippen MR) is 87.5 cm³/mol. The van der Waals surface area contributed by atoms with E-state index in [4.69, 9.17) is 0 Å². The average molecular weight is 370 g/mol. The lowest BCUT2D eigenvalue weighted by Gasteiger charge is -2.34. The van der Waals surface area contributed by atoms with Gasteiger partial charge in [-0.25, -0.2) is 0 Å². The standard InChI is InChI=1S/C16H21F3N6O/c1-15(2,3)11-4-5-12(21-20-11)25-8-6-24(7-9-25)10-13-22-23-14(26-13)16(17,18)19/h4-5H,6-10H2,1-3H3. The Morgan fingerprint density at radius 1 is 0.962 bits per heavy atom. The van der Waals surface area contributed by atoms with E-state index in [1.165, 1.54) is 0 Å². The van der Waals surface area contributed by atoms with E-state index in [2.05, 4.69) is 50.5 Å². The van der Waals surface area contributed by atoms with Crippen LogP contribution in [0.3, 0.4) is 0 Å². The van der Waals surface area contributed by atoms with Crippen molar-refractivity contribution in [3.05, 3.63) is 29.6 Å². The van der Waals surface area contributed by atoms with Gasteiger partial charge in [0.1, 0.15) is 0 Å². The molecule has 7 nitrogen and oxygen atoms in total. The lowest BCUT2D eigenvalue weighted by molar-refractivity contribution is -0.157. The number of alkyl halides is 3. The Hall–Kier alpha value is -2.23. The van der Waals surface area contributed by atoms with E-state index in [-0.39, 0.29) is 17.9 Å². The number of aromatic nitrogens is 4. The van der Waals surface area contributed by atoms with Gasteiger partial charge in [0, 0.05) is 31.6 Å². The molecule has 142 valence electrons. The second-order valence-corrected chi connectivity index (χ2v) is 7.29. The van der Waals surface area contributed by atoms with Crippen molar-refractivity contribution in [2.45, 2.75) is 38.9 Å². The molecule has 0 amide bonds. The summed E-state index contributed by atoms with van der Waals surface area (Å²) >= 11 is 0. The minimum absolute atomic E-state index is 0.0277. The molecule has 1 saturated heterocycles. The van der Waals surface area contributed by atoms with Gasteiger partial charge in [0.25, 0.3) is 0 Å². The molecular weight excluding hydrogens is 349 g/mol. The zero-order chi connectivity index (χ0) is 18.9. The Labute approximate surface area is 149 Å². The van der Waals surface area contributed by atoms with E-state index < -0.39 is 12.1 Å². The van der Waals surface area contributed by atoms with Crippen LogP contribution in [-0.2, 0) is 18.1 Å². The number of piperazine rings is 1. The highest BCUT2D eigenvalue weighted by Gasteiger charge is 2.38. The fourth-order valence-electron chi connectivity index (χ4n) is 2.65. The molecule has 1 aliphatic heterocycles. The molecule has 1 fully saturated rings. The van der Waals surface area contributed by atoms with Gasteiger partial charge in [-0.15, -0.1) is 15.3 Å². The van der Waals surface area contributed by atoms with Gasteiger partial charge in [-0.3, -0.25) is 4.90 Å². The van der Waals surface area contributed by atoms with Crippen LogP contribution in [0.25, 0.3) is 0 Å². The topological polar surface area (TPSA) is 71.2 Å². The summed E-state index contributed by atoms with van der Waals surface area (Å²) in [6.45, 7) is 9.16. The van der Waals surface area contributed by atoms with Crippen LogP contribution in [0.1, 0.15) is 38.2 Å². The molecule has 0 unspecified atom stereocenters. The summed E-state index contributed by atoms with van der Waals surface area (Å²) in [4.78, 5) is 4.08. The third kappa shape index (κ3) is 4.29. The van der Waals surface area contributed by atoms with Crippen molar-refractivity contribution in [3.63, 3.8) is 0 Å². The molecule has 0 spiro atoms. The van der Waals surface area contributed by atoms with Crippen LogP contribution in [0.5, 0.6) is 0 Å². The first-order chi connectivity index (χ1) is 12.1.